The third kappa shape index (κ3) is 3.47. The lowest BCUT2D eigenvalue weighted by Crippen LogP contribution is -2.13. The number of furan rings is 1. The van der Waals surface area contributed by atoms with E-state index in [2.05, 4.69) is 20.5 Å². The number of rotatable bonds is 4. The molecule has 4 aromatic heterocycles. The lowest BCUT2D eigenvalue weighted by Gasteiger charge is -2.06. The number of amides is 1. The summed E-state index contributed by atoms with van der Waals surface area (Å²) in [7, 11) is 1.83. The molecular weight excluding hydrogens is 416 g/mol. The van der Waals surface area contributed by atoms with Crippen molar-refractivity contribution >= 4 is 34.2 Å². The van der Waals surface area contributed by atoms with E-state index in [4.69, 9.17) is 16.0 Å². The van der Waals surface area contributed by atoms with Gasteiger partial charge >= 0.3 is 0 Å². The molecule has 31 heavy (non-hydrogen) atoms. The van der Waals surface area contributed by atoms with Crippen LogP contribution in [0.5, 0.6) is 0 Å². The van der Waals surface area contributed by atoms with Crippen molar-refractivity contribution in [2.24, 2.45) is 7.05 Å². The summed E-state index contributed by atoms with van der Waals surface area (Å²) in [5.74, 6) is 0.219. The number of anilines is 1. The summed E-state index contributed by atoms with van der Waals surface area (Å²) in [6, 6.07) is 14.3. The minimum atomic E-state index is -0.365. The Labute approximate surface area is 182 Å². The maximum absolute atomic E-state index is 13.0. The fraction of sp³-hybridized carbons (Fsp3) is 0.0909. The van der Waals surface area contributed by atoms with E-state index in [1.807, 2.05) is 38.2 Å². The second-order valence-electron chi connectivity index (χ2n) is 7.04. The second-order valence-corrected chi connectivity index (χ2v) is 7.48. The van der Waals surface area contributed by atoms with Crippen LogP contribution in [0, 0.1) is 6.92 Å². The van der Waals surface area contributed by atoms with Crippen LogP contribution in [-0.4, -0.2) is 30.5 Å². The number of aryl methyl sites for hydroxylation is 2. The zero-order valence-corrected chi connectivity index (χ0v) is 17.5. The molecule has 5 aromatic rings. The van der Waals surface area contributed by atoms with Crippen LogP contribution in [0.2, 0.25) is 5.02 Å². The molecule has 9 heteroatoms. The predicted molar refractivity (Wildman–Crippen MR) is 117 cm³/mol. The van der Waals surface area contributed by atoms with E-state index in [1.165, 1.54) is 0 Å². The Morgan fingerprint density at radius 3 is 2.77 bits per heavy atom. The number of carbonyl (C=O) groups is 1. The van der Waals surface area contributed by atoms with E-state index in [0.29, 0.717) is 27.9 Å². The predicted octanol–water partition coefficient (Wildman–Crippen LogP) is 4.63. The minimum Gasteiger partial charge on any atom is -0.463 e. The molecule has 0 aliphatic carbocycles. The molecule has 0 aliphatic rings. The first-order chi connectivity index (χ1) is 15.0. The number of hydrogen-bond acceptors (Lipinski definition) is 5. The van der Waals surface area contributed by atoms with Crippen molar-refractivity contribution in [2.75, 3.05) is 5.32 Å². The number of benzene rings is 1. The lowest BCUT2D eigenvalue weighted by atomic mass is 10.2. The monoisotopic (exact) mass is 432 g/mol. The largest absolute Gasteiger partial charge is 0.463 e. The number of aromatic nitrogens is 5. The van der Waals surface area contributed by atoms with E-state index in [1.54, 1.807) is 46.1 Å². The summed E-state index contributed by atoms with van der Waals surface area (Å²) < 4.78 is 8.88. The van der Waals surface area contributed by atoms with E-state index >= 15 is 0 Å². The molecule has 0 atom stereocenters. The highest BCUT2D eigenvalue weighted by atomic mass is 35.5. The molecule has 0 fully saturated rings. The molecule has 1 N–H and O–H groups in total. The van der Waals surface area contributed by atoms with Crippen LogP contribution in [-0.2, 0) is 7.05 Å². The van der Waals surface area contributed by atoms with Crippen LogP contribution in [0.25, 0.3) is 28.2 Å². The Kier molecular flexibility index (Phi) is 4.56. The Morgan fingerprint density at radius 1 is 1.13 bits per heavy atom. The van der Waals surface area contributed by atoms with E-state index in [-0.39, 0.29) is 11.6 Å². The third-order valence-electron chi connectivity index (χ3n) is 4.89. The van der Waals surface area contributed by atoms with Crippen LogP contribution in [0.3, 0.4) is 0 Å². The van der Waals surface area contributed by atoms with E-state index in [0.717, 1.165) is 16.7 Å². The van der Waals surface area contributed by atoms with Gasteiger partial charge in [-0.3, -0.25) is 9.48 Å². The van der Waals surface area contributed by atoms with E-state index in [9.17, 15) is 4.79 Å². The average Bonchev–Trinajstić information content (AvgIpc) is 3.48. The first-order valence-electron chi connectivity index (χ1n) is 9.50. The normalized spacial score (nSPS) is 11.2. The van der Waals surface area contributed by atoms with Crippen molar-refractivity contribution in [3.8, 4) is 17.1 Å². The maximum Gasteiger partial charge on any atom is 0.276 e. The zero-order valence-electron chi connectivity index (χ0n) is 16.7. The number of hydrogen-bond donors (Lipinski definition) is 1. The Morgan fingerprint density at radius 2 is 2.00 bits per heavy atom. The van der Waals surface area contributed by atoms with Gasteiger partial charge in [-0.1, -0.05) is 17.7 Å². The van der Waals surface area contributed by atoms with Gasteiger partial charge in [0.05, 0.1) is 29.5 Å². The number of halogens is 1. The zero-order chi connectivity index (χ0) is 21.5. The summed E-state index contributed by atoms with van der Waals surface area (Å²) in [5, 5.41) is 13.2. The maximum atomic E-state index is 13.0. The molecule has 1 aromatic carbocycles. The van der Waals surface area contributed by atoms with Gasteiger partial charge in [-0.25, -0.2) is 9.67 Å². The number of carbonyl (C=O) groups excluding carboxylic acids is 1. The molecule has 4 heterocycles. The van der Waals surface area contributed by atoms with Crippen molar-refractivity contribution in [3.63, 3.8) is 0 Å². The van der Waals surface area contributed by atoms with Gasteiger partial charge in [0.15, 0.2) is 17.1 Å². The van der Waals surface area contributed by atoms with Gasteiger partial charge in [0, 0.05) is 23.5 Å². The fourth-order valence-corrected chi connectivity index (χ4v) is 3.65. The average molecular weight is 433 g/mol. The fourth-order valence-electron chi connectivity index (χ4n) is 3.47. The first-order valence-corrected chi connectivity index (χ1v) is 9.88. The van der Waals surface area contributed by atoms with Crippen LogP contribution in [0.4, 0.5) is 5.69 Å². The smallest absolute Gasteiger partial charge is 0.276 e. The number of nitrogens with one attached hydrogen (secondary N) is 1. The molecular formula is C22H17ClN6O2. The Hall–Kier alpha value is -3.91. The molecule has 0 bridgehead atoms. The van der Waals surface area contributed by atoms with Crippen molar-refractivity contribution in [2.45, 2.75) is 6.92 Å². The summed E-state index contributed by atoms with van der Waals surface area (Å²) in [6.07, 6.45) is 3.17. The summed E-state index contributed by atoms with van der Waals surface area (Å²) in [4.78, 5) is 17.4. The molecule has 154 valence electrons. The van der Waals surface area contributed by atoms with Gasteiger partial charge in [-0.2, -0.15) is 10.2 Å². The Balaban J connectivity index is 1.52. The van der Waals surface area contributed by atoms with Crippen molar-refractivity contribution in [3.05, 3.63) is 77.4 Å². The quantitative estimate of drug-likeness (QED) is 0.447. The highest BCUT2D eigenvalue weighted by molar-refractivity contribution is 6.30. The van der Waals surface area contributed by atoms with Crippen molar-refractivity contribution in [1.82, 2.24) is 24.5 Å². The minimum absolute atomic E-state index is 0.231. The van der Waals surface area contributed by atoms with Crippen LogP contribution >= 0.6 is 11.6 Å². The second kappa shape index (κ2) is 7.41. The molecule has 0 spiro atoms. The topological polar surface area (TPSA) is 90.8 Å². The van der Waals surface area contributed by atoms with Gasteiger partial charge in [-0.15, -0.1) is 0 Å². The number of nitrogens with zero attached hydrogens (tertiary/aromatic N) is 5. The van der Waals surface area contributed by atoms with Crippen molar-refractivity contribution in [1.29, 1.82) is 0 Å². The molecule has 0 aliphatic heterocycles. The van der Waals surface area contributed by atoms with Gasteiger partial charge in [0.2, 0.25) is 0 Å². The third-order valence-corrected chi connectivity index (χ3v) is 5.12. The molecule has 5 rings (SSSR count). The molecule has 8 nitrogen and oxygen atoms in total. The van der Waals surface area contributed by atoms with Crippen LogP contribution in [0.1, 0.15) is 16.2 Å². The molecule has 1 amide bonds. The highest BCUT2D eigenvalue weighted by Gasteiger charge is 2.19. The SMILES string of the molecule is Cc1nn(C)c2ncc(NC(=O)c3cc(-c4ccco4)n(-c4cccc(Cl)c4)n3)cc12. The van der Waals surface area contributed by atoms with Crippen LogP contribution in [0.15, 0.2) is 65.4 Å². The molecule has 0 radical (unpaired) electrons. The van der Waals surface area contributed by atoms with Gasteiger partial charge in [0.1, 0.15) is 5.69 Å². The molecule has 0 saturated carbocycles. The van der Waals surface area contributed by atoms with E-state index < -0.39 is 0 Å². The Bertz CT molecular complexity index is 1420. The lowest BCUT2D eigenvalue weighted by molar-refractivity contribution is 0.102. The number of pyridine rings is 1. The highest BCUT2D eigenvalue weighted by Crippen LogP contribution is 2.26. The standard InChI is InChI=1S/C22H17ClN6O2/c1-13-17-10-15(12-24-21(17)28(2)26-13)25-22(30)18-11-19(20-7-4-8-31-20)29(27-18)16-6-3-5-14(23)9-16/h3-12H,1-2H3,(H,25,30). The van der Waals surface area contributed by atoms with Crippen molar-refractivity contribution < 1.29 is 9.21 Å². The summed E-state index contributed by atoms with van der Waals surface area (Å²) in [5.41, 5.74) is 3.73. The van der Waals surface area contributed by atoms with Crippen LogP contribution < -0.4 is 5.32 Å². The van der Waals surface area contributed by atoms with Gasteiger partial charge in [0.25, 0.3) is 5.91 Å². The van der Waals surface area contributed by atoms with Gasteiger partial charge in [-0.05, 0) is 43.3 Å². The number of fused-ring (bicyclic) bond motifs is 1. The summed E-state index contributed by atoms with van der Waals surface area (Å²) >= 11 is 6.15. The first kappa shape index (κ1) is 19.1. The van der Waals surface area contributed by atoms with Gasteiger partial charge < -0.3 is 9.73 Å². The molecule has 0 saturated heterocycles. The molecule has 0 unspecified atom stereocenters. The summed E-state index contributed by atoms with van der Waals surface area (Å²) in [6.45, 7) is 1.90.